The largest absolute Gasteiger partial charge is 0.321 e. The van der Waals surface area contributed by atoms with Gasteiger partial charge >= 0.3 is 0 Å². The molecule has 0 saturated carbocycles. The zero-order chi connectivity index (χ0) is 15.6. The number of rotatable bonds is 3. The Kier molecular flexibility index (Phi) is 4.67. The average Bonchev–Trinajstić information content (AvgIpc) is 2.42. The average molecular weight is 346 g/mol. The molecule has 0 atom stereocenters. The van der Waals surface area contributed by atoms with Crippen molar-refractivity contribution in [1.29, 1.82) is 0 Å². The first-order valence-corrected chi connectivity index (χ1v) is 6.72. The zero-order valence-electron chi connectivity index (χ0n) is 10.3. The van der Waals surface area contributed by atoms with Crippen LogP contribution in [0.5, 0.6) is 0 Å². The second-order valence-corrected chi connectivity index (χ2v) is 5.25. The summed E-state index contributed by atoms with van der Waals surface area (Å²) in [6.45, 7) is 0. The molecule has 108 valence electrons. The number of nitro groups is 1. The first kappa shape index (κ1) is 15.6. The first-order chi connectivity index (χ1) is 9.88. The summed E-state index contributed by atoms with van der Waals surface area (Å²) >= 11 is 17.4. The Bertz CT molecular complexity index is 735. The summed E-state index contributed by atoms with van der Waals surface area (Å²) in [4.78, 5) is 22.2. The lowest BCUT2D eigenvalue weighted by Gasteiger charge is -2.07. The molecule has 0 spiro atoms. The highest BCUT2D eigenvalue weighted by molar-refractivity contribution is 6.37. The van der Waals surface area contributed by atoms with E-state index in [1.54, 1.807) is 6.07 Å². The molecule has 0 aliphatic heterocycles. The summed E-state index contributed by atoms with van der Waals surface area (Å²) in [6, 6.07) is 8.34. The van der Waals surface area contributed by atoms with Gasteiger partial charge in [-0.15, -0.1) is 0 Å². The van der Waals surface area contributed by atoms with Gasteiger partial charge in [-0.05, 0) is 30.3 Å². The maximum absolute atomic E-state index is 12.1. The highest BCUT2D eigenvalue weighted by Gasteiger charge is 2.17. The van der Waals surface area contributed by atoms with Crippen LogP contribution < -0.4 is 5.32 Å². The van der Waals surface area contributed by atoms with Gasteiger partial charge in [0, 0.05) is 16.7 Å². The third-order valence-electron chi connectivity index (χ3n) is 2.58. The summed E-state index contributed by atoms with van der Waals surface area (Å²) in [5.41, 5.74) is 0.104. The molecule has 1 N–H and O–H groups in total. The normalized spacial score (nSPS) is 10.2. The highest BCUT2D eigenvalue weighted by atomic mass is 35.5. The Hall–Kier alpha value is -1.82. The van der Waals surface area contributed by atoms with E-state index in [0.29, 0.717) is 10.7 Å². The maximum atomic E-state index is 12.1. The van der Waals surface area contributed by atoms with Gasteiger partial charge in [-0.1, -0.05) is 34.8 Å². The van der Waals surface area contributed by atoms with Crippen molar-refractivity contribution >= 4 is 52.1 Å². The minimum absolute atomic E-state index is 0.0407. The lowest BCUT2D eigenvalue weighted by Crippen LogP contribution is -2.12. The van der Waals surface area contributed by atoms with Crippen LogP contribution in [0, 0.1) is 10.1 Å². The van der Waals surface area contributed by atoms with E-state index in [0.717, 1.165) is 6.07 Å². The molecule has 0 fully saturated rings. The van der Waals surface area contributed by atoms with Crippen molar-refractivity contribution in [3.8, 4) is 0 Å². The van der Waals surface area contributed by atoms with Crippen LogP contribution in [0.3, 0.4) is 0 Å². The molecule has 2 rings (SSSR count). The minimum Gasteiger partial charge on any atom is -0.321 e. The van der Waals surface area contributed by atoms with Crippen LogP contribution in [-0.4, -0.2) is 10.8 Å². The van der Waals surface area contributed by atoms with Crippen LogP contribution in [0.25, 0.3) is 0 Å². The number of hydrogen-bond donors (Lipinski definition) is 1. The van der Waals surface area contributed by atoms with Gasteiger partial charge in [0.2, 0.25) is 0 Å². The van der Waals surface area contributed by atoms with Crippen molar-refractivity contribution in [2.24, 2.45) is 0 Å². The van der Waals surface area contributed by atoms with Gasteiger partial charge in [-0.3, -0.25) is 14.9 Å². The van der Waals surface area contributed by atoms with Gasteiger partial charge in [0.15, 0.2) is 0 Å². The Morgan fingerprint density at radius 1 is 1.05 bits per heavy atom. The number of hydrogen-bond acceptors (Lipinski definition) is 3. The van der Waals surface area contributed by atoms with Crippen molar-refractivity contribution in [3.63, 3.8) is 0 Å². The molecule has 0 aliphatic rings. The molecule has 0 unspecified atom stereocenters. The van der Waals surface area contributed by atoms with E-state index in [-0.39, 0.29) is 21.3 Å². The molecule has 0 radical (unpaired) electrons. The molecule has 21 heavy (non-hydrogen) atoms. The third-order valence-corrected chi connectivity index (χ3v) is 3.45. The molecule has 8 heteroatoms. The van der Waals surface area contributed by atoms with E-state index in [4.69, 9.17) is 34.8 Å². The van der Waals surface area contributed by atoms with Crippen molar-refractivity contribution in [3.05, 3.63) is 67.1 Å². The first-order valence-electron chi connectivity index (χ1n) is 5.59. The number of amides is 1. The van der Waals surface area contributed by atoms with Gasteiger partial charge in [0.25, 0.3) is 11.6 Å². The Morgan fingerprint density at radius 3 is 2.38 bits per heavy atom. The Labute approximate surface area is 134 Å². The monoisotopic (exact) mass is 344 g/mol. The van der Waals surface area contributed by atoms with Crippen LogP contribution in [0.2, 0.25) is 15.1 Å². The van der Waals surface area contributed by atoms with Crippen molar-refractivity contribution in [1.82, 2.24) is 0 Å². The quantitative estimate of drug-likeness (QED) is 0.641. The van der Waals surface area contributed by atoms with E-state index in [1.165, 1.54) is 24.3 Å². The summed E-state index contributed by atoms with van der Waals surface area (Å²) in [6.07, 6.45) is 0. The van der Waals surface area contributed by atoms with Crippen LogP contribution in [0.4, 0.5) is 11.4 Å². The van der Waals surface area contributed by atoms with Gasteiger partial charge in [-0.2, -0.15) is 0 Å². The fraction of sp³-hybridized carbons (Fsp3) is 0. The van der Waals surface area contributed by atoms with E-state index >= 15 is 0 Å². The SMILES string of the molecule is O=C(Nc1ccc(Cl)cc1Cl)c1ccc(Cl)c([N+](=O)[O-])c1. The smallest absolute Gasteiger partial charge is 0.288 e. The van der Waals surface area contributed by atoms with Crippen molar-refractivity contribution < 1.29 is 9.72 Å². The van der Waals surface area contributed by atoms with E-state index < -0.39 is 10.8 Å². The molecule has 5 nitrogen and oxygen atoms in total. The molecular formula is C13H7Cl3N2O3. The second-order valence-electron chi connectivity index (χ2n) is 4.00. The Morgan fingerprint density at radius 2 is 1.76 bits per heavy atom. The summed E-state index contributed by atoms with van der Waals surface area (Å²) in [5, 5.41) is 14.0. The lowest BCUT2D eigenvalue weighted by atomic mass is 10.2. The van der Waals surface area contributed by atoms with Gasteiger partial charge in [-0.25, -0.2) is 0 Å². The van der Waals surface area contributed by atoms with Crippen molar-refractivity contribution in [2.75, 3.05) is 5.32 Å². The van der Waals surface area contributed by atoms with Gasteiger partial charge in [0.1, 0.15) is 5.02 Å². The molecule has 2 aromatic rings. The molecule has 0 aromatic heterocycles. The standard InChI is InChI=1S/C13H7Cl3N2O3/c14-8-2-4-11(10(16)6-8)17-13(19)7-1-3-9(15)12(5-7)18(20)21/h1-6H,(H,17,19). The molecule has 0 saturated heterocycles. The lowest BCUT2D eigenvalue weighted by molar-refractivity contribution is -0.384. The number of nitro benzene ring substituents is 1. The molecule has 2 aromatic carbocycles. The minimum atomic E-state index is -0.658. The summed E-state index contributed by atoms with van der Waals surface area (Å²) in [7, 11) is 0. The number of benzene rings is 2. The highest BCUT2D eigenvalue weighted by Crippen LogP contribution is 2.28. The van der Waals surface area contributed by atoms with E-state index in [1.807, 2.05) is 0 Å². The number of halogens is 3. The summed E-state index contributed by atoms with van der Waals surface area (Å²) < 4.78 is 0. The van der Waals surface area contributed by atoms with Crippen LogP contribution >= 0.6 is 34.8 Å². The number of carbonyl (C=O) groups is 1. The van der Waals surface area contributed by atoms with E-state index in [2.05, 4.69) is 5.32 Å². The number of carbonyl (C=O) groups excluding carboxylic acids is 1. The molecular weight excluding hydrogens is 339 g/mol. The second kappa shape index (κ2) is 6.30. The fourth-order valence-electron chi connectivity index (χ4n) is 1.58. The topological polar surface area (TPSA) is 72.2 Å². The van der Waals surface area contributed by atoms with Crippen LogP contribution in [0.1, 0.15) is 10.4 Å². The number of anilines is 1. The molecule has 0 bridgehead atoms. The van der Waals surface area contributed by atoms with E-state index in [9.17, 15) is 14.9 Å². The predicted molar refractivity (Wildman–Crippen MR) is 82.5 cm³/mol. The fourth-order valence-corrected chi connectivity index (χ4v) is 2.22. The van der Waals surface area contributed by atoms with Gasteiger partial charge < -0.3 is 5.32 Å². The number of nitrogens with zero attached hydrogens (tertiary/aromatic N) is 1. The zero-order valence-corrected chi connectivity index (χ0v) is 12.5. The van der Waals surface area contributed by atoms with Crippen LogP contribution in [-0.2, 0) is 0 Å². The third kappa shape index (κ3) is 3.64. The van der Waals surface area contributed by atoms with Crippen LogP contribution in [0.15, 0.2) is 36.4 Å². The molecule has 1 amide bonds. The Balaban J connectivity index is 2.28. The number of nitrogens with one attached hydrogen (secondary N) is 1. The van der Waals surface area contributed by atoms with Crippen molar-refractivity contribution in [2.45, 2.75) is 0 Å². The summed E-state index contributed by atoms with van der Waals surface area (Å²) in [5.74, 6) is -0.543. The predicted octanol–water partition coefficient (Wildman–Crippen LogP) is 4.81. The molecule has 0 heterocycles. The van der Waals surface area contributed by atoms with Gasteiger partial charge in [0.05, 0.1) is 15.6 Å². The maximum Gasteiger partial charge on any atom is 0.288 e. The molecule has 0 aliphatic carbocycles.